The normalized spacial score (nSPS) is 13.7. The second-order valence-electron chi connectivity index (χ2n) is 4.98. The Morgan fingerprint density at radius 3 is 2.41 bits per heavy atom. The van der Waals surface area contributed by atoms with Crippen LogP contribution in [0.3, 0.4) is 0 Å². The summed E-state index contributed by atoms with van der Waals surface area (Å²) in [4.78, 5) is 0. The molecule has 0 amide bonds. The topological polar surface area (TPSA) is 32.3 Å². The molecule has 1 rings (SSSR count). The lowest BCUT2D eigenvalue weighted by atomic mass is 9.78. The zero-order chi connectivity index (χ0) is 12.9. The standard InChI is InChI=1S/C14H22FNO/c1-11(16-9-4-10-17)14(2,3)12-5-7-13(15)8-6-12/h5-8,11,16-17H,4,9-10H2,1-3H3/t11-/m1/s1. The number of aliphatic hydroxyl groups excluding tert-OH is 1. The van der Waals surface area contributed by atoms with Gasteiger partial charge in [-0.05, 0) is 37.6 Å². The highest BCUT2D eigenvalue weighted by atomic mass is 19.1. The Hall–Kier alpha value is -0.930. The number of aliphatic hydroxyl groups is 1. The van der Waals surface area contributed by atoms with Gasteiger partial charge in [0.05, 0.1) is 0 Å². The van der Waals surface area contributed by atoms with E-state index in [1.165, 1.54) is 12.1 Å². The molecule has 0 spiro atoms. The van der Waals surface area contributed by atoms with Crippen molar-refractivity contribution in [2.75, 3.05) is 13.2 Å². The van der Waals surface area contributed by atoms with Crippen LogP contribution in [0.25, 0.3) is 0 Å². The fraction of sp³-hybridized carbons (Fsp3) is 0.571. The Morgan fingerprint density at radius 2 is 1.88 bits per heavy atom. The van der Waals surface area contributed by atoms with Gasteiger partial charge in [-0.2, -0.15) is 0 Å². The molecule has 0 heterocycles. The molecule has 0 aliphatic carbocycles. The first-order valence-corrected chi connectivity index (χ1v) is 6.08. The van der Waals surface area contributed by atoms with Crippen LogP contribution in [0.2, 0.25) is 0 Å². The van der Waals surface area contributed by atoms with Crippen LogP contribution >= 0.6 is 0 Å². The Labute approximate surface area is 103 Å². The number of hydrogen-bond acceptors (Lipinski definition) is 2. The fourth-order valence-corrected chi connectivity index (χ4v) is 1.78. The summed E-state index contributed by atoms with van der Waals surface area (Å²) < 4.78 is 12.9. The molecule has 0 bridgehead atoms. The van der Waals surface area contributed by atoms with Gasteiger partial charge in [0.25, 0.3) is 0 Å². The van der Waals surface area contributed by atoms with Crippen LogP contribution < -0.4 is 5.32 Å². The van der Waals surface area contributed by atoms with Crippen LogP contribution in [0.15, 0.2) is 24.3 Å². The quantitative estimate of drug-likeness (QED) is 0.747. The summed E-state index contributed by atoms with van der Waals surface area (Å²) in [5.74, 6) is -0.203. The Bertz CT molecular complexity index is 335. The summed E-state index contributed by atoms with van der Waals surface area (Å²) in [7, 11) is 0. The van der Waals surface area contributed by atoms with Gasteiger partial charge in [-0.15, -0.1) is 0 Å². The van der Waals surface area contributed by atoms with Crippen molar-refractivity contribution in [3.05, 3.63) is 35.6 Å². The van der Waals surface area contributed by atoms with Gasteiger partial charge < -0.3 is 10.4 Å². The monoisotopic (exact) mass is 239 g/mol. The zero-order valence-electron chi connectivity index (χ0n) is 10.8. The van der Waals surface area contributed by atoms with E-state index in [9.17, 15) is 4.39 Å². The van der Waals surface area contributed by atoms with Crippen molar-refractivity contribution < 1.29 is 9.50 Å². The molecule has 0 saturated heterocycles. The Kier molecular flexibility index (Phi) is 5.09. The number of benzene rings is 1. The van der Waals surface area contributed by atoms with Crippen LogP contribution in [0.1, 0.15) is 32.8 Å². The molecule has 1 atom stereocenters. The summed E-state index contributed by atoms with van der Waals surface area (Å²) in [6.45, 7) is 7.38. The smallest absolute Gasteiger partial charge is 0.123 e. The van der Waals surface area contributed by atoms with E-state index in [2.05, 4.69) is 26.1 Å². The molecule has 0 aliphatic heterocycles. The molecule has 0 radical (unpaired) electrons. The average Bonchev–Trinajstić information content (AvgIpc) is 2.29. The second kappa shape index (κ2) is 6.12. The van der Waals surface area contributed by atoms with Gasteiger partial charge in [0.2, 0.25) is 0 Å². The van der Waals surface area contributed by atoms with Crippen molar-refractivity contribution in [1.82, 2.24) is 5.32 Å². The highest BCUT2D eigenvalue weighted by Crippen LogP contribution is 2.27. The van der Waals surface area contributed by atoms with E-state index in [-0.39, 0.29) is 23.9 Å². The molecule has 0 unspecified atom stereocenters. The predicted molar refractivity (Wildman–Crippen MR) is 68.6 cm³/mol. The molecule has 0 fully saturated rings. The molecular weight excluding hydrogens is 217 g/mol. The Morgan fingerprint density at radius 1 is 1.29 bits per heavy atom. The molecule has 3 heteroatoms. The second-order valence-corrected chi connectivity index (χ2v) is 4.98. The third-order valence-corrected chi connectivity index (χ3v) is 3.46. The van der Waals surface area contributed by atoms with Crippen LogP contribution in [-0.4, -0.2) is 24.3 Å². The summed E-state index contributed by atoms with van der Waals surface area (Å²) >= 11 is 0. The third-order valence-electron chi connectivity index (χ3n) is 3.46. The molecule has 2 nitrogen and oxygen atoms in total. The zero-order valence-corrected chi connectivity index (χ0v) is 10.8. The van der Waals surface area contributed by atoms with Crippen molar-refractivity contribution >= 4 is 0 Å². The first kappa shape index (κ1) is 14.1. The molecule has 96 valence electrons. The van der Waals surface area contributed by atoms with E-state index in [4.69, 9.17) is 5.11 Å². The van der Waals surface area contributed by atoms with Gasteiger partial charge in [-0.25, -0.2) is 4.39 Å². The molecule has 0 saturated carbocycles. The van der Waals surface area contributed by atoms with Crippen molar-refractivity contribution in [2.45, 2.75) is 38.6 Å². The molecule has 0 aliphatic rings. The first-order valence-electron chi connectivity index (χ1n) is 6.08. The van der Waals surface area contributed by atoms with Crippen LogP contribution in [-0.2, 0) is 5.41 Å². The number of hydrogen-bond donors (Lipinski definition) is 2. The van der Waals surface area contributed by atoms with Gasteiger partial charge in [-0.1, -0.05) is 26.0 Å². The number of rotatable bonds is 6. The van der Waals surface area contributed by atoms with Gasteiger partial charge >= 0.3 is 0 Å². The van der Waals surface area contributed by atoms with E-state index in [1.54, 1.807) is 0 Å². The average molecular weight is 239 g/mol. The summed E-state index contributed by atoms with van der Waals surface area (Å²) in [5.41, 5.74) is 1.05. The van der Waals surface area contributed by atoms with Crippen molar-refractivity contribution in [3.8, 4) is 0 Å². The van der Waals surface area contributed by atoms with Gasteiger partial charge in [0.1, 0.15) is 5.82 Å². The SMILES string of the molecule is C[C@@H](NCCCO)C(C)(C)c1ccc(F)cc1. The largest absolute Gasteiger partial charge is 0.396 e. The van der Waals surface area contributed by atoms with E-state index >= 15 is 0 Å². The summed E-state index contributed by atoms with van der Waals surface area (Å²) in [6, 6.07) is 6.92. The predicted octanol–water partition coefficient (Wildman–Crippen LogP) is 2.46. The van der Waals surface area contributed by atoms with Crippen molar-refractivity contribution in [1.29, 1.82) is 0 Å². The van der Waals surface area contributed by atoms with E-state index in [0.717, 1.165) is 18.5 Å². The van der Waals surface area contributed by atoms with Crippen LogP contribution in [0.5, 0.6) is 0 Å². The molecule has 1 aromatic carbocycles. The fourth-order valence-electron chi connectivity index (χ4n) is 1.78. The molecule has 17 heavy (non-hydrogen) atoms. The van der Waals surface area contributed by atoms with Crippen molar-refractivity contribution in [3.63, 3.8) is 0 Å². The molecule has 1 aromatic rings. The number of halogens is 1. The highest BCUT2D eigenvalue weighted by molar-refractivity contribution is 5.26. The van der Waals surface area contributed by atoms with Crippen molar-refractivity contribution in [2.24, 2.45) is 0 Å². The van der Waals surface area contributed by atoms with E-state index in [1.807, 2.05) is 12.1 Å². The summed E-state index contributed by atoms with van der Waals surface area (Å²) in [5, 5.41) is 12.1. The lowest BCUT2D eigenvalue weighted by Crippen LogP contribution is -2.43. The minimum absolute atomic E-state index is 0.0663. The third kappa shape index (κ3) is 3.79. The Balaban J connectivity index is 2.68. The summed E-state index contributed by atoms with van der Waals surface area (Å²) in [6.07, 6.45) is 0.754. The lowest BCUT2D eigenvalue weighted by Gasteiger charge is -2.33. The van der Waals surface area contributed by atoms with Gasteiger partial charge in [-0.3, -0.25) is 0 Å². The minimum Gasteiger partial charge on any atom is -0.396 e. The van der Waals surface area contributed by atoms with Crippen LogP contribution in [0.4, 0.5) is 4.39 Å². The first-order chi connectivity index (χ1) is 7.98. The van der Waals surface area contributed by atoms with E-state index < -0.39 is 0 Å². The van der Waals surface area contributed by atoms with Crippen LogP contribution in [0, 0.1) is 5.82 Å². The van der Waals surface area contributed by atoms with Gasteiger partial charge in [0, 0.05) is 18.1 Å². The maximum absolute atomic E-state index is 12.9. The van der Waals surface area contributed by atoms with Gasteiger partial charge in [0.15, 0.2) is 0 Å². The highest BCUT2D eigenvalue weighted by Gasteiger charge is 2.27. The lowest BCUT2D eigenvalue weighted by molar-refractivity contribution is 0.275. The number of nitrogens with one attached hydrogen (secondary N) is 1. The minimum atomic E-state index is -0.203. The maximum Gasteiger partial charge on any atom is 0.123 e. The molecule has 0 aromatic heterocycles. The van der Waals surface area contributed by atoms with E-state index in [0.29, 0.717) is 0 Å². The molecular formula is C14H22FNO. The maximum atomic E-state index is 12.9. The molecule has 2 N–H and O–H groups in total.